The SMILES string of the molecule is Cc1cccc(OCC(OCc2ccccc2-c2cccc3ccccc23)Oc2cccc(C)c2)c1. The van der Waals surface area contributed by atoms with Gasteiger partial charge in [0.2, 0.25) is 6.29 Å². The molecule has 0 amide bonds. The average molecular weight is 475 g/mol. The van der Waals surface area contributed by atoms with Crippen molar-refractivity contribution in [1.82, 2.24) is 0 Å². The Kier molecular flexibility index (Phi) is 7.30. The second-order valence-electron chi connectivity index (χ2n) is 8.99. The fourth-order valence-corrected chi connectivity index (χ4v) is 4.38. The van der Waals surface area contributed by atoms with Crippen LogP contribution < -0.4 is 9.47 Å². The zero-order valence-corrected chi connectivity index (χ0v) is 20.7. The van der Waals surface area contributed by atoms with E-state index in [1.165, 1.54) is 16.3 Å². The molecular weight excluding hydrogens is 444 g/mol. The van der Waals surface area contributed by atoms with Crippen molar-refractivity contribution in [3.05, 3.63) is 132 Å². The molecule has 0 radical (unpaired) electrons. The van der Waals surface area contributed by atoms with Gasteiger partial charge in [0.25, 0.3) is 0 Å². The fraction of sp³-hybridized carbons (Fsp3) is 0.152. The van der Waals surface area contributed by atoms with Gasteiger partial charge in [-0.15, -0.1) is 0 Å². The van der Waals surface area contributed by atoms with E-state index < -0.39 is 6.29 Å². The zero-order chi connectivity index (χ0) is 24.7. The summed E-state index contributed by atoms with van der Waals surface area (Å²) < 4.78 is 18.7. The molecule has 36 heavy (non-hydrogen) atoms. The molecule has 0 aliphatic rings. The molecule has 0 N–H and O–H groups in total. The number of rotatable bonds is 9. The van der Waals surface area contributed by atoms with Gasteiger partial charge in [-0.3, -0.25) is 0 Å². The highest BCUT2D eigenvalue weighted by Crippen LogP contribution is 2.31. The Hall–Kier alpha value is -4.08. The van der Waals surface area contributed by atoms with E-state index in [-0.39, 0.29) is 6.61 Å². The van der Waals surface area contributed by atoms with Crippen molar-refractivity contribution in [1.29, 1.82) is 0 Å². The Morgan fingerprint density at radius 3 is 2.08 bits per heavy atom. The highest BCUT2D eigenvalue weighted by Gasteiger charge is 2.16. The Labute approximate surface area is 212 Å². The van der Waals surface area contributed by atoms with Crippen LogP contribution in [0.3, 0.4) is 0 Å². The smallest absolute Gasteiger partial charge is 0.234 e. The van der Waals surface area contributed by atoms with Crippen LogP contribution in [0.4, 0.5) is 0 Å². The first-order chi connectivity index (χ1) is 17.7. The lowest BCUT2D eigenvalue weighted by Gasteiger charge is -2.21. The van der Waals surface area contributed by atoms with Crippen LogP contribution in [0.2, 0.25) is 0 Å². The van der Waals surface area contributed by atoms with Crippen LogP contribution in [-0.2, 0) is 11.3 Å². The standard InChI is InChI=1S/C33H30O3/c1-24-10-7-15-28(20-24)34-23-33(36-29-16-8-11-25(2)21-29)35-22-27-13-4-6-18-31(27)32-19-9-14-26-12-3-5-17-30(26)32/h3-21,33H,22-23H2,1-2H3. The number of benzene rings is 5. The fourth-order valence-electron chi connectivity index (χ4n) is 4.38. The first kappa shape index (κ1) is 23.7. The Morgan fingerprint density at radius 2 is 1.25 bits per heavy atom. The molecule has 180 valence electrons. The maximum atomic E-state index is 6.35. The Bertz CT molecular complexity index is 1450. The summed E-state index contributed by atoms with van der Waals surface area (Å²) in [6.07, 6.45) is -0.576. The maximum Gasteiger partial charge on any atom is 0.234 e. The predicted molar refractivity (Wildman–Crippen MR) is 146 cm³/mol. The molecule has 1 unspecified atom stereocenters. The van der Waals surface area contributed by atoms with Crippen molar-refractivity contribution in [3.8, 4) is 22.6 Å². The van der Waals surface area contributed by atoms with E-state index >= 15 is 0 Å². The first-order valence-corrected chi connectivity index (χ1v) is 12.3. The molecule has 5 aromatic carbocycles. The molecule has 3 nitrogen and oxygen atoms in total. The normalized spacial score (nSPS) is 11.8. The van der Waals surface area contributed by atoms with E-state index in [4.69, 9.17) is 14.2 Å². The minimum atomic E-state index is -0.576. The molecule has 0 aliphatic carbocycles. The lowest BCUT2D eigenvalue weighted by molar-refractivity contribution is -0.109. The van der Waals surface area contributed by atoms with Crippen molar-refractivity contribution in [3.63, 3.8) is 0 Å². The summed E-state index contributed by atoms with van der Waals surface area (Å²) in [4.78, 5) is 0. The van der Waals surface area contributed by atoms with Gasteiger partial charge in [0, 0.05) is 0 Å². The first-order valence-electron chi connectivity index (χ1n) is 12.3. The van der Waals surface area contributed by atoms with Crippen LogP contribution in [-0.4, -0.2) is 12.9 Å². The molecule has 3 heteroatoms. The summed E-state index contributed by atoms with van der Waals surface area (Å²) in [5.41, 5.74) is 5.73. The van der Waals surface area contributed by atoms with Crippen LogP contribution >= 0.6 is 0 Å². The summed E-state index contributed by atoms with van der Waals surface area (Å²) in [7, 11) is 0. The number of hydrogen-bond donors (Lipinski definition) is 0. The van der Waals surface area contributed by atoms with Crippen molar-refractivity contribution in [2.45, 2.75) is 26.7 Å². The predicted octanol–water partition coefficient (Wildman–Crippen LogP) is 8.12. The number of ether oxygens (including phenoxy) is 3. The third-order valence-electron chi connectivity index (χ3n) is 6.15. The van der Waals surface area contributed by atoms with Gasteiger partial charge in [-0.1, -0.05) is 91.0 Å². The van der Waals surface area contributed by atoms with Crippen molar-refractivity contribution in [2.24, 2.45) is 0 Å². The van der Waals surface area contributed by atoms with Gasteiger partial charge in [-0.2, -0.15) is 0 Å². The molecule has 5 aromatic rings. The molecule has 0 aromatic heterocycles. The van der Waals surface area contributed by atoms with Crippen LogP contribution in [0.1, 0.15) is 16.7 Å². The molecule has 5 rings (SSSR count). The second kappa shape index (κ2) is 11.1. The zero-order valence-electron chi connectivity index (χ0n) is 20.7. The van der Waals surface area contributed by atoms with E-state index in [9.17, 15) is 0 Å². The van der Waals surface area contributed by atoms with E-state index in [0.29, 0.717) is 6.61 Å². The number of fused-ring (bicyclic) bond motifs is 1. The molecule has 0 bridgehead atoms. The van der Waals surface area contributed by atoms with Crippen LogP contribution in [0.5, 0.6) is 11.5 Å². The topological polar surface area (TPSA) is 27.7 Å². The van der Waals surface area contributed by atoms with Crippen molar-refractivity contribution in [2.75, 3.05) is 6.61 Å². The molecule has 0 spiro atoms. The summed E-state index contributed by atoms with van der Waals surface area (Å²) >= 11 is 0. The van der Waals surface area contributed by atoms with Crippen molar-refractivity contribution >= 4 is 10.8 Å². The van der Waals surface area contributed by atoms with Gasteiger partial charge in [-0.25, -0.2) is 0 Å². The maximum absolute atomic E-state index is 6.35. The van der Waals surface area contributed by atoms with Gasteiger partial charge in [-0.05, 0) is 76.7 Å². The molecule has 0 saturated heterocycles. The van der Waals surface area contributed by atoms with Gasteiger partial charge in [0.05, 0.1) is 6.61 Å². The quantitative estimate of drug-likeness (QED) is 0.202. The summed E-state index contributed by atoms with van der Waals surface area (Å²) in [6, 6.07) is 39.3. The highest BCUT2D eigenvalue weighted by atomic mass is 16.7. The third-order valence-corrected chi connectivity index (χ3v) is 6.15. The second-order valence-corrected chi connectivity index (χ2v) is 8.99. The van der Waals surface area contributed by atoms with Gasteiger partial charge in [0.15, 0.2) is 6.61 Å². The highest BCUT2D eigenvalue weighted by molar-refractivity contribution is 5.97. The van der Waals surface area contributed by atoms with Crippen LogP contribution in [0, 0.1) is 13.8 Å². The summed E-state index contributed by atoms with van der Waals surface area (Å²) in [6.45, 7) is 4.77. The van der Waals surface area contributed by atoms with Crippen molar-refractivity contribution < 1.29 is 14.2 Å². The largest absolute Gasteiger partial charge is 0.487 e. The molecule has 0 saturated carbocycles. The minimum absolute atomic E-state index is 0.272. The minimum Gasteiger partial charge on any atom is -0.487 e. The molecule has 1 atom stereocenters. The van der Waals surface area contributed by atoms with Crippen LogP contribution in [0.15, 0.2) is 115 Å². The summed E-state index contributed by atoms with van der Waals surface area (Å²) in [5, 5.41) is 2.45. The van der Waals surface area contributed by atoms with E-state index in [2.05, 4.69) is 60.7 Å². The van der Waals surface area contributed by atoms with E-state index in [0.717, 1.165) is 33.8 Å². The van der Waals surface area contributed by atoms with Crippen LogP contribution in [0.25, 0.3) is 21.9 Å². The van der Waals surface area contributed by atoms with E-state index in [1.807, 2.05) is 68.4 Å². The average Bonchev–Trinajstić information content (AvgIpc) is 2.90. The molecular formula is C33H30O3. The number of aryl methyl sites for hydroxylation is 2. The lowest BCUT2D eigenvalue weighted by atomic mass is 9.95. The molecule has 0 fully saturated rings. The van der Waals surface area contributed by atoms with Gasteiger partial charge in [0.1, 0.15) is 11.5 Å². The summed E-state index contributed by atoms with van der Waals surface area (Å²) in [5.74, 6) is 1.56. The number of hydrogen-bond acceptors (Lipinski definition) is 3. The monoisotopic (exact) mass is 474 g/mol. The van der Waals surface area contributed by atoms with E-state index in [1.54, 1.807) is 0 Å². The molecule has 0 heterocycles. The Morgan fingerprint density at radius 1 is 0.611 bits per heavy atom. The lowest BCUT2D eigenvalue weighted by Crippen LogP contribution is -2.28. The van der Waals surface area contributed by atoms with Gasteiger partial charge < -0.3 is 14.2 Å². The van der Waals surface area contributed by atoms with Gasteiger partial charge >= 0.3 is 0 Å². The third kappa shape index (κ3) is 5.76. The molecule has 0 aliphatic heterocycles. The Balaban J connectivity index is 1.38.